The van der Waals surface area contributed by atoms with Crippen molar-refractivity contribution in [1.82, 2.24) is 19.9 Å². The molecule has 3 aromatic carbocycles. The van der Waals surface area contributed by atoms with Crippen LogP contribution in [0.2, 0.25) is 0 Å². The summed E-state index contributed by atoms with van der Waals surface area (Å²) in [6.07, 6.45) is 20.1. The Kier molecular flexibility index (Phi) is 13.9. The predicted octanol–water partition coefficient (Wildman–Crippen LogP) is 13.1. The van der Waals surface area contributed by atoms with Crippen LogP contribution in [-0.2, 0) is 20.6 Å². The Balaban J connectivity index is 1.38. The van der Waals surface area contributed by atoms with E-state index in [-0.39, 0.29) is 0 Å². The molecule has 3 aromatic heterocycles. The van der Waals surface area contributed by atoms with Gasteiger partial charge in [0.2, 0.25) is 0 Å². The van der Waals surface area contributed by atoms with Gasteiger partial charge in [-0.25, -0.2) is 24.4 Å². The number of fused-ring (bicyclic) bond motifs is 8. The van der Waals surface area contributed by atoms with E-state index in [0.717, 1.165) is 103 Å². The zero-order chi connectivity index (χ0) is 45.3. The number of carbonyl (C=O) groups excluding carboxylic acids is 3. The number of aromatic nitrogens is 4. The standard InChI is InChI=1S/C55H54N4O6/c1-5-6-7-8-9-10-11-12-13-14-41-42-27-29-44(56-42)50(35-15-21-38(22-16-35)53(60)63-2)46-31-33-48(58-46)52(37-19-25-40(26-20-37)55(62)65-4)49-34-32-47(59-49)51(45-30-28-43(41)57-45)36-17-23-39(24-18-36)54(61)64-3/h15-34,58-59H,5-14H2,1-4H3. The van der Waals surface area contributed by atoms with Crippen molar-refractivity contribution in [2.45, 2.75) is 71.1 Å². The molecule has 0 fully saturated rings. The molecule has 0 unspecified atom stereocenters. The number of H-pyrrole nitrogens is 2. The first-order valence-electron chi connectivity index (χ1n) is 22.5. The van der Waals surface area contributed by atoms with Gasteiger partial charge in [-0.15, -0.1) is 0 Å². The molecule has 330 valence electrons. The average molecular weight is 867 g/mol. The highest BCUT2D eigenvalue weighted by Gasteiger charge is 2.20. The highest BCUT2D eigenvalue weighted by atomic mass is 16.5. The minimum Gasteiger partial charge on any atom is -0.465 e. The Bertz CT molecular complexity index is 2780. The fourth-order valence-electron chi connectivity index (χ4n) is 8.72. The van der Waals surface area contributed by atoms with Gasteiger partial charge in [0.25, 0.3) is 0 Å². The van der Waals surface area contributed by atoms with E-state index >= 15 is 0 Å². The molecule has 0 radical (unpaired) electrons. The SMILES string of the molecule is CCCCCCCCCCCc1c2nc(c(-c3ccc(C(=O)OC)cc3)c3ccc([nH]3)c(-c3ccc(C(=O)OC)cc3)c3ccc([nH]3)c(-c3ccc(C(=O)OC)cc3)c3nc1C=C3)C=C2. The van der Waals surface area contributed by atoms with Crippen LogP contribution < -0.4 is 0 Å². The lowest BCUT2D eigenvalue weighted by Gasteiger charge is -2.08. The van der Waals surface area contributed by atoms with Gasteiger partial charge in [-0.05, 0) is 114 Å². The number of methoxy groups -OCH3 is 3. The van der Waals surface area contributed by atoms with Gasteiger partial charge >= 0.3 is 17.9 Å². The lowest BCUT2D eigenvalue weighted by Crippen LogP contribution is -2.00. The summed E-state index contributed by atoms with van der Waals surface area (Å²) in [6, 6.07) is 30.3. The third kappa shape index (κ3) is 9.77. The Hall–Kier alpha value is -7.33. The molecule has 2 N–H and O–H groups in total. The number of carbonyl (C=O) groups is 3. The number of nitrogens with zero attached hydrogens (tertiary/aromatic N) is 2. The zero-order valence-electron chi connectivity index (χ0n) is 37.5. The smallest absolute Gasteiger partial charge is 0.337 e. The van der Waals surface area contributed by atoms with E-state index in [1.807, 2.05) is 48.5 Å². The first kappa shape index (κ1) is 44.3. The number of unbranched alkanes of at least 4 members (excludes halogenated alkanes) is 8. The van der Waals surface area contributed by atoms with E-state index in [9.17, 15) is 14.4 Å². The molecular weight excluding hydrogens is 813 g/mol. The van der Waals surface area contributed by atoms with Crippen molar-refractivity contribution in [3.63, 3.8) is 0 Å². The van der Waals surface area contributed by atoms with Crippen molar-refractivity contribution in [2.24, 2.45) is 0 Å². The molecule has 10 heteroatoms. The lowest BCUT2D eigenvalue weighted by molar-refractivity contribution is 0.0592. The summed E-state index contributed by atoms with van der Waals surface area (Å²) >= 11 is 0. The van der Waals surface area contributed by atoms with Crippen LogP contribution in [0.1, 0.15) is 124 Å². The van der Waals surface area contributed by atoms with Gasteiger partial charge < -0.3 is 24.2 Å². The second-order valence-electron chi connectivity index (χ2n) is 16.4. The van der Waals surface area contributed by atoms with Crippen LogP contribution in [0.25, 0.3) is 79.8 Å². The number of rotatable bonds is 16. The fraction of sp³-hybridized carbons (Fsp3) is 0.255. The van der Waals surface area contributed by atoms with Crippen molar-refractivity contribution in [2.75, 3.05) is 21.3 Å². The van der Waals surface area contributed by atoms with Crippen molar-refractivity contribution in [1.29, 1.82) is 0 Å². The predicted molar refractivity (Wildman–Crippen MR) is 260 cm³/mol. The Labute approximate surface area is 379 Å². The van der Waals surface area contributed by atoms with Gasteiger partial charge in [-0.3, -0.25) is 0 Å². The topological polar surface area (TPSA) is 136 Å². The number of nitrogens with one attached hydrogen (secondary N) is 2. The quantitative estimate of drug-likeness (QED) is 0.0556. The Morgan fingerprint density at radius 2 is 0.738 bits per heavy atom. The third-order valence-electron chi connectivity index (χ3n) is 12.2. The van der Waals surface area contributed by atoms with Crippen LogP contribution in [0.5, 0.6) is 0 Å². The summed E-state index contributed by atoms with van der Waals surface area (Å²) < 4.78 is 15.0. The molecule has 0 aliphatic carbocycles. The van der Waals surface area contributed by atoms with E-state index in [2.05, 4.69) is 53.3 Å². The van der Waals surface area contributed by atoms with Crippen LogP contribution in [0, 0.1) is 0 Å². The van der Waals surface area contributed by atoms with Crippen LogP contribution in [0.3, 0.4) is 0 Å². The number of hydrogen-bond donors (Lipinski definition) is 2. The second-order valence-corrected chi connectivity index (χ2v) is 16.4. The van der Waals surface area contributed by atoms with E-state index in [1.165, 1.54) is 66.3 Å². The van der Waals surface area contributed by atoms with E-state index in [0.29, 0.717) is 16.7 Å². The van der Waals surface area contributed by atoms with Crippen LogP contribution in [0.15, 0.2) is 97.1 Å². The molecule has 6 aromatic rings. The normalized spacial score (nSPS) is 11.8. The molecule has 65 heavy (non-hydrogen) atoms. The molecule has 0 atom stereocenters. The number of ether oxygens (including phenoxy) is 3. The summed E-state index contributed by atoms with van der Waals surface area (Å²) in [5.74, 6) is -1.24. The molecule has 5 heterocycles. The summed E-state index contributed by atoms with van der Waals surface area (Å²) in [5, 5.41) is 0. The molecule has 0 saturated carbocycles. The van der Waals surface area contributed by atoms with Gasteiger partial charge in [-0.2, -0.15) is 0 Å². The molecule has 8 bridgehead atoms. The molecular formula is C55H54N4O6. The summed E-state index contributed by atoms with van der Waals surface area (Å²) in [7, 11) is 4.12. The molecule has 0 saturated heterocycles. The number of hydrogen-bond acceptors (Lipinski definition) is 8. The molecule has 0 amide bonds. The number of esters is 3. The largest absolute Gasteiger partial charge is 0.465 e. The molecule has 8 rings (SSSR count). The fourth-order valence-corrected chi connectivity index (χ4v) is 8.72. The summed E-state index contributed by atoms with van der Waals surface area (Å²) in [5.41, 5.74) is 14.1. The van der Waals surface area contributed by atoms with Crippen LogP contribution >= 0.6 is 0 Å². The van der Waals surface area contributed by atoms with Crippen molar-refractivity contribution in [3.05, 3.63) is 142 Å². The van der Waals surface area contributed by atoms with E-state index in [4.69, 9.17) is 24.2 Å². The van der Waals surface area contributed by atoms with Crippen LogP contribution in [-0.4, -0.2) is 59.2 Å². The first-order valence-corrected chi connectivity index (χ1v) is 22.5. The van der Waals surface area contributed by atoms with Gasteiger partial charge in [0.1, 0.15) is 0 Å². The second kappa shape index (κ2) is 20.5. The van der Waals surface area contributed by atoms with Gasteiger partial charge in [-0.1, -0.05) is 94.7 Å². The lowest BCUT2D eigenvalue weighted by atomic mass is 10.0. The molecule has 0 spiro atoms. The zero-order valence-corrected chi connectivity index (χ0v) is 37.5. The average Bonchev–Trinajstić information content (AvgIpc) is 4.20. The number of aromatic amines is 2. The molecule has 2 aliphatic heterocycles. The maximum Gasteiger partial charge on any atom is 0.337 e. The van der Waals surface area contributed by atoms with Crippen LogP contribution in [0.4, 0.5) is 0 Å². The van der Waals surface area contributed by atoms with Gasteiger partial charge in [0.05, 0.1) is 60.8 Å². The van der Waals surface area contributed by atoms with E-state index in [1.54, 1.807) is 36.4 Å². The Morgan fingerprint density at radius 1 is 0.415 bits per heavy atom. The highest BCUT2D eigenvalue weighted by molar-refractivity contribution is 6.00. The van der Waals surface area contributed by atoms with Gasteiger partial charge in [0, 0.05) is 44.3 Å². The monoisotopic (exact) mass is 866 g/mol. The maximum absolute atomic E-state index is 12.5. The Morgan fingerprint density at radius 3 is 1.11 bits per heavy atom. The minimum atomic E-state index is -0.421. The van der Waals surface area contributed by atoms with Crippen molar-refractivity contribution < 1.29 is 28.6 Å². The number of benzene rings is 3. The van der Waals surface area contributed by atoms with Crippen molar-refractivity contribution in [3.8, 4) is 33.4 Å². The van der Waals surface area contributed by atoms with E-state index < -0.39 is 17.9 Å². The van der Waals surface area contributed by atoms with Gasteiger partial charge in [0.15, 0.2) is 0 Å². The minimum absolute atomic E-state index is 0.408. The first-order chi connectivity index (χ1) is 31.8. The molecule has 2 aliphatic rings. The summed E-state index contributed by atoms with van der Waals surface area (Å²) in [6.45, 7) is 2.25. The third-order valence-corrected chi connectivity index (χ3v) is 12.2. The summed E-state index contributed by atoms with van der Waals surface area (Å²) in [4.78, 5) is 55.7. The molecule has 10 nitrogen and oxygen atoms in total. The van der Waals surface area contributed by atoms with Crippen molar-refractivity contribution >= 4 is 64.3 Å². The maximum atomic E-state index is 12.5. The highest BCUT2D eigenvalue weighted by Crippen LogP contribution is 2.37.